The van der Waals surface area contributed by atoms with Crippen LogP contribution in [-0.2, 0) is 0 Å². The lowest BCUT2D eigenvalue weighted by molar-refractivity contribution is 0.101. The van der Waals surface area contributed by atoms with Crippen molar-refractivity contribution < 1.29 is 9.59 Å². The summed E-state index contributed by atoms with van der Waals surface area (Å²) in [5.41, 5.74) is 2.82. The molecule has 3 heterocycles. The van der Waals surface area contributed by atoms with E-state index in [9.17, 15) is 9.59 Å². The third-order valence-electron chi connectivity index (χ3n) is 3.87. The van der Waals surface area contributed by atoms with Crippen LogP contribution in [0.5, 0.6) is 0 Å². The van der Waals surface area contributed by atoms with Crippen molar-refractivity contribution in [2.24, 2.45) is 0 Å². The molecule has 2 N–H and O–H groups in total. The number of rotatable bonds is 5. The molecule has 138 valence electrons. The number of pyridine rings is 1. The van der Waals surface area contributed by atoms with E-state index in [1.54, 1.807) is 65.5 Å². The van der Waals surface area contributed by atoms with Crippen LogP contribution in [-0.4, -0.2) is 21.8 Å². The third-order valence-corrected chi connectivity index (χ3v) is 5.45. The van der Waals surface area contributed by atoms with Crippen LogP contribution in [0.25, 0.3) is 10.6 Å². The highest BCUT2D eigenvalue weighted by molar-refractivity contribution is 7.14. The lowest BCUT2D eigenvalue weighted by Crippen LogP contribution is -2.17. The van der Waals surface area contributed by atoms with Crippen LogP contribution >= 0.6 is 22.7 Å². The molecule has 0 radical (unpaired) electrons. The Hall–Kier alpha value is -3.36. The number of anilines is 2. The normalized spacial score (nSPS) is 10.4. The summed E-state index contributed by atoms with van der Waals surface area (Å²) in [5, 5.41) is 12.1. The standard InChI is InChI=1S/C20H14N4O2S2/c25-18(13-5-8-21-9-6-13)22-15-3-1-2-4-16(15)23-19(26)17-12-28-20(24-17)14-7-10-27-11-14/h1-12H,(H,22,25)(H,23,26). The highest BCUT2D eigenvalue weighted by Gasteiger charge is 2.15. The number of hydrogen-bond acceptors (Lipinski definition) is 6. The first-order chi connectivity index (χ1) is 13.7. The van der Waals surface area contributed by atoms with E-state index in [0.717, 1.165) is 10.6 Å². The molecule has 0 fully saturated rings. The van der Waals surface area contributed by atoms with E-state index < -0.39 is 0 Å². The van der Waals surface area contributed by atoms with Crippen molar-refractivity contribution in [3.8, 4) is 10.6 Å². The average Bonchev–Trinajstić information content (AvgIpc) is 3.42. The van der Waals surface area contributed by atoms with Crippen LogP contribution in [0.15, 0.2) is 71.0 Å². The smallest absolute Gasteiger partial charge is 0.275 e. The van der Waals surface area contributed by atoms with Crippen molar-refractivity contribution in [1.29, 1.82) is 0 Å². The Labute approximate surface area is 168 Å². The summed E-state index contributed by atoms with van der Waals surface area (Å²) in [5.74, 6) is -0.610. The monoisotopic (exact) mass is 406 g/mol. The summed E-state index contributed by atoms with van der Waals surface area (Å²) in [6.45, 7) is 0. The van der Waals surface area contributed by atoms with E-state index >= 15 is 0 Å². The molecule has 6 nitrogen and oxygen atoms in total. The van der Waals surface area contributed by atoms with E-state index in [1.165, 1.54) is 11.3 Å². The number of nitrogens with one attached hydrogen (secondary N) is 2. The van der Waals surface area contributed by atoms with Gasteiger partial charge in [-0.15, -0.1) is 11.3 Å². The van der Waals surface area contributed by atoms with Crippen molar-refractivity contribution in [1.82, 2.24) is 9.97 Å². The number of amides is 2. The van der Waals surface area contributed by atoms with Crippen molar-refractivity contribution in [2.45, 2.75) is 0 Å². The second-order valence-electron chi connectivity index (χ2n) is 5.74. The number of hydrogen-bond donors (Lipinski definition) is 2. The van der Waals surface area contributed by atoms with Gasteiger partial charge in [0.15, 0.2) is 0 Å². The van der Waals surface area contributed by atoms with Gasteiger partial charge in [0.05, 0.1) is 11.4 Å². The van der Waals surface area contributed by atoms with Gasteiger partial charge in [0, 0.05) is 34.3 Å². The number of thiophene rings is 1. The zero-order valence-corrected chi connectivity index (χ0v) is 16.1. The molecule has 0 aliphatic heterocycles. The van der Waals surface area contributed by atoms with E-state index in [2.05, 4.69) is 20.6 Å². The van der Waals surface area contributed by atoms with Crippen LogP contribution in [0, 0.1) is 0 Å². The van der Waals surface area contributed by atoms with Crippen molar-refractivity contribution >= 4 is 45.9 Å². The second-order valence-corrected chi connectivity index (χ2v) is 7.38. The third kappa shape index (κ3) is 3.98. The lowest BCUT2D eigenvalue weighted by Gasteiger charge is -2.11. The van der Waals surface area contributed by atoms with Crippen molar-refractivity contribution in [3.63, 3.8) is 0 Å². The van der Waals surface area contributed by atoms with Crippen LogP contribution < -0.4 is 10.6 Å². The Morgan fingerprint density at radius 2 is 1.57 bits per heavy atom. The van der Waals surface area contributed by atoms with E-state index in [4.69, 9.17) is 0 Å². The van der Waals surface area contributed by atoms with Gasteiger partial charge in [-0.1, -0.05) is 12.1 Å². The highest BCUT2D eigenvalue weighted by Crippen LogP contribution is 2.27. The fourth-order valence-corrected chi connectivity index (χ4v) is 3.99. The second kappa shape index (κ2) is 8.12. The first-order valence-corrected chi connectivity index (χ1v) is 10.1. The quantitative estimate of drug-likeness (QED) is 0.500. The first kappa shape index (κ1) is 18.0. The number of benzene rings is 1. The van der Waals surface area contributed by atoms with Gasteiger partial charge in [-0.2, -0.15) is 11.3 Å². The first-order valence-electron chi connectivity index (χ1n) is 8.30. The maximum atomic E-state index is 12.6. The zero-order chi connectivity index (χ0) is 19.3. The average molecular weight is 406 g/mol. The molecule has 0 unspecified atom stereocenters. The SMILES string of the molecule is O=C(Nc1ccccc1NC(=O)c1csc(-c2ccsc2)n1)c1ccncc1. The topological polar surface area (TPSA) is 84.0 Å². The van der Waals surface area contributed by atoms with Gasteiger partial charge in [0.1, 0.15) is 10.7 Å². The zero-order valence-electron chi connectivity index (χ0n) is 14.5. The molecular formula is C20H14N4O2S2. The molecule has 4 aromatic rings. The molecule has 0 bridgehead atoms. The highest BCUT2D eigenvalue weighted by atomic mass is 32.1. The number of carbonyl (C=O) groups excluding carboxylic acids is 2. The van der Waals surface area contributed by atoms with Crippen molar-refractivity contribution in [2.75, 3.05) is 10.6 Å². The fourth-order valence-electron chi connectivity index (χ4n) is 2.48. The summed E-state index contributed by atoms with van der Waals surface area (Å²) in [7, 11) is 0. The molecule has 3 aromatic heterocycles. The van der Waals surface area contributed by atoms with Gasteiger partial charge in [-0.25, -0.2) is 4.98 Å². The van der Waals surface area contributed by atoms with Crippen LogP contribution in [0.1, 0.15) is 20.8 Å². The molecule has 28 heavy (non-hydrogen) atoms. The number of para-hydroxylation sites is 2. The Balaban J connectivity index is 1.51. The van der Waals surface area contributed by atoms with Gasteiger partial charge in [-0.05, 0) is 35.7 Å². The fraction of sp³-hybridized carbons (Fsp3) is 0. The maximum Gasteiger partial charge on any atom is 0.275 e. The minimum Gasteiger partial charge on any atom is -0.320 e. The molecule has 0 saturated carbocycles. The van der Waals surface area contributed by atoms with E-state index in [1.807, 2.05) is 16.8 Å². The number of nitrogens with zero attached hydrogens (tertiary/aromatic N) is 2. The molecule has 4 rings (SSSR count). The number of thiazole rings is 1. The van der Waals surface area contributed by atoms with Crippen molar-refractivity contribution in [3.05, 3.63) is 82.3 Å². The minimum absolute atomic E-state index is 0.280. The van der Waals surface area contributed by atoms with Crippen LogP contribution in [0.4, 0.5) is 11.4 Å². The Morgan fingerprint density at radius 1 is 0.857 bits per heavy atom. The number of aromatic nitrogens is 2. The Morgan fingerprint density at radius 3 is 2.25 bits per heavy atom. The number of carbonyl (C=O) groups is 2. The molecule has 2 amide bonds. The van der Waals surface area contributed by atoms with Gasteiger partial charge in [0.25, 0.3) is 11.8 Å². The molecule has 0 aliphatic rings. The minimum atomic E-state index is -0.330. The largest absolute Gasteiger partial charge is 0.320 e. The molecule has 0 saturated heterocycles. The molecule has 0 aliphatic carbocycles. The Kier molecular flexibility index (Phi) is 5.22. The summed E-state index contributed by atoms with van der Waals surface area (Å²) in [6.07, 6.45) is 3.10. The predicted octanol–water partition coefficient (Wildman–Crippen LogP) is 4.77. The van der Waals surface area contributed by atoms with E-state index in [0.29, 0.717) is 22.6 Å². The van der Waals surface area contributed by atoms with Gasteiger partial charge in [0.2, 0.25) is 0 Å². The predicted molar refractivity (Wildman–Crippen MR) is 112 cm³/mol. The van der Waals surface area contributed by atoms with Crippen LogP contribution in [0.3, 0.4) is 0 Å². The summed E-state index contributed by atoms with van der Waals surface area (Å²) in [6, 6.07) is 12.2. The molecule has 0 spiro atoms. The summed E-state index contributed by atoms with van der Waals surface area (Å²) < 4.78 is 0. The molecular weight excluding hydrogens is 392 g/mol. The summed E-state index contributed by atoms with van der Waals surface area (Å²) in [4.78, 5) is 33.3. The van der Waals surface area contributed by atoms with Crippen LogP contribution in [0.2, 0.25) is 0 Å². The van der Waals surface area contributed by atoms with Gasteiger partial charge in [-0.3, -0.25) is 14.6 Å². The maximum absolute atomic E-state index is 12.6. The van der Waals surface area contributed by atoms with Gasteiger partial charge >= 0.3 is 0 Å². The van der Waals surface area contributed by atoms with E-state index in [-0.39, 0.29) is 11.8 Å². The molecule has 8 heteroatoms. The summed E-state index contributed by atoms with van der Waals surface area (Å²) >= 11 is 3.00. The van der Waals surface area contributed by atoms with Gasteiger partial charge < -0.3 is 10.6 Å². The molecule has 1 aromatic carbocycles. The Bertz CT molecular complexity index is 1110. The lowest BCUT2D eigenvalue weighted by atomic mass is 10.2. The molecule has 0 atom stereocenters.